The van der Waals surface area contributed by atoms with Gasteiger partial charge in [-0.05, 0) is 11.0 Å². The Hall–Kier alpha value is -1.20. The molecule has 0 aliphatic heterocycles. The topological polar surface area (TPSA) is 71.4 Å². The van der Waals surface area contributed by atoms with Crippen LogP contribution in [0.3, 0.4) is 0 Å². The van der Waals surface area contributed by atoms with Crippen molar-refractivity contribution >= 4 is 15.9 Å². The van der Waals surface area contributed by atoms with Gasteiger partial charge in [0.1, 0.15) is 0 Å². The zero-order valence-corrected chi connectivity index (χ0v) is 11.6. The van der Waals surface area contributed by atoms with E-state index in [1.165, 1.54) is 0 Å². The molecule has 1 aromatic rings. The number of carbonyl (C=O) groups is 1. The number of Topliss-reactive ketones (excluding diaryl/α,β-unsaturated/α-hetero) is 1. The highest BCUT2D eigenvalue weighted by atomic mass is 32.2. The maximum absolute atomic E-state index is 11.7. The van der Waals surface area contributed by atoms with E-state index < -0.39 is 15.9 Å². The van der Waals surface area contributed by atoms with Crippen molar-refractivity contribution < 1.29 is 17.8 Å². The number of rotatable bonds is 4. The molecule has 0 aromatic heterocycles. The fourth-order valence-electron chi connectivity index (χ4n) is 1.52. The van der Waals surface area contributed by atoms with Gasteiger partial charge in [0, 0.05) is 12.0 Å². The summed E-state index contributed by atoms with van der Waals surface area (Å²) in [7, 11) is -4.08. The summed E-state index contributed by atoms with van der Waals surface area (Å²) in [6, 6.07) is 7.10. The molecular formula is C13H18O4S. The van der Waals surface area contributed by atoms with Gasteiger partial charge in [-0.3, -0.25) is 9.35 Å². The van der Waals surface area contributed by atoms with E-state index in [-0.39, 0.29) is 17.6 Å². The Bertz CT molecular complexity index is 521. The van der Waals surface area contributed by atoms with Crippen LogP contribution in [-0.2, 0) is 15.5 Å². The maximum atomic E-state index is 11.7. The number of hydrogen-bond acceptors (Lipinski definition) is 3. The van der Waals surface area contributed by atoms with Crippen LogP contribution in [0.5, 0.6) is 0 Å². The van der Waals surface area contributed by atoms with E-state index in [1.54, 1.807) is 12.1 Å². The lowest BCUT2D eigenvalue weighted by Gasteiger charge is -2.18. The zero-order valence-electron chi connectivity index (χ0n) is 10.8. The van der Waals surface area contributed by atoms with Gasteiger partial charge in [-0.25, -0.2) is 0 Å². The van der Waals surface area contributed by atoms with Crippen molar-refractivity contribution in [1.82, 2.24) is 0 Å². The second-order valence-corrected chi connectivity index (χ2v) is 6.86. The minimum atomic E-state index is -4.08. The lowest BCUT2D eigenvalue weighted by molar-refractivity contribution is 0.0988. The molecular weight excluding hydrogens is 252 g/mol. The first-order valence-corrected chi connectivity index (χ1v) is 7.29. The molecule has 0 unspecified atom stereocenters. The Morgan fingerprint density at radius 1 is 1.17 bits per heavy atom. The van der Waals surface area contributed by atoms with Gasteiger partial charge < -0.3 is 0 Å². The quantitative estimate of drug-likeness (QED) is 0.674. The van der Waals surface area contributed by atoms with E-state index >= 15 is 0 Å². The molecule has 18 heavy (non-hydrogen) atoms. The largest absolute Gasteiger partial charge is 0.294 e. The van der Waals surface area contributed by atoms with Crippen LogP contribution in [0.4, 0.5) is 0 Å². The van der Waals surface area contributed by atoms with Crippen LogP contribution in [0.1, 0.15) is 43.1 Å². The lowest BCUT2D eigenvalue weighted by Crippen LogP contribution is -2.12. The molecule has 0 atom stereocenters. The molecule has 0 bridgehead atoms. The smallest absolute Gasteiger partial charge is 0.265 e. The fourth-order valence-corrected chi connectivity index (χ4v) is 1.97. The molecule has 1 N–H and O–H groups in total. The van der Waals surface area contributed by atoms with Crippen molar-refractivity contribution in [1.29, 1.82) is 0 Å². The highest BCUT2D eigenvalue weighted by molar-refractivity contribution is 7.85. The van der Waals surface area contributed by atoms with Crippen molar-refractivity contribution in [3.63, 3.8) is 0 Å². The lowest BCUT2D eigenvalue weighted by atomic mass is 9.86. The summed E-state index contributed by atoms with van der Waals surface area (Å²) in [5, 5.41) is 0. The molecule has 5 heteroatoms. The molecule has 0 spiro atoms. The predicted octanol–water partition coefficient (Wildman–Crippen LogP) is 2.44. The first-order chi connectivity index (χ1) is 8.09. The Kier molecular flexibility index (Phi) is 4.29. The van der Waals surface area contributed by atoms with Gasteiger partial charge in [0.15, 0.2) is 5.78 Å². The second kappa shape index (κ2) is 5.20. The normalized spacial score (nSPS) is 12.4. The minimum absolute atomic E-state index is 0.00994. The third-order valence-electron chi connectivity index (χ3n) is 2.66. The van der Waals surface area contributed by atoms with E-state index in [1.807, 2.05) is 12.1 Å². The van der Waals surface area contributed by atoms with E-state index in [2.05, 4.69) is 20.8 Å². The molecule has 4 nitrogen and oxygen atoms in total. The Labute approximate surface area is 108 Å². The van der Waals surface area contributed by atoms with E-state index in [9.17, 15) is 13.2 Å². The minimum Gasteiger partial charge on any atom is -0.294 e. The molecule has 1 aromatic carbocycles. The molecule has 0 saturated heterocycles. The Morgan fingerprint density at radius 2 is 1.67 bits per heavy atom. The number of ketones is 1. The molecule has 0 aliphatic rings. The summed E-state index contributed by atoms with van der Waals surface area (Å²) >= 11 is 0. The van der Waals surface area contributed by atoms with Gasteiger partial charge in [0.2, 0.25) is 0 Å². The third-order valence-corrected chi connectivity index (χ3v) is 3.38. The van der Waals surface area contributed by atoms with Crippen molar-refractivity contribution in [2.45, 2.75) is 32.6 Å². The Morgan fingerprint density at radius 3 is 2.06 bits per heavy atom. The Balaban J connectivity index is 2.77. The third kappa shape index (κ3) is 4.58. The van der Waals surface area contributed by atoms with Crippen LogP contribution >= 0.6 is 0 Å². The van der Waals surface area contributed by atoms with Gasteiger partial charge in [-0.15, -0.1) is 0 Å². The van der Waals surface area contributed by atoms with Gasteiger partial charge in [-0.2, -0.15) is 8.42 Å². The highest BCUT2D eigenvalue weighted by Gasteiger charge is 2.15. The summed E-state index contributed by atoms with van der Waals surface area (Å²) in [5.41, 5.74) is 1.58. The SMILES string of the molecule is CC(C)(C)c1ccc(C(=O)CCS(=O)(=O)O)cc1. The number of carbonyl (C=O) groups excluding carboxylic acids is 1. The van der Waals surface area contributed by atoms with Crippen LogP contribution < -0.4 is 0 Å². The first-order valence-electron chi connectivity index (χ1n) is 5.68. The van der Waals surface area contributed by atoms with Crippen LogP contribution in [0.15, 0.2) is 24.3 Å². The van der Waals surface area contributed by atoms with Crippen LogP contribution in [0.25, 0.3) is 0 Å². The molecule has 0 amide bonds. The second-order valence-electron chi connectivity index (χ2n) is 5.29. The first kappa shape index (κ1) is 14.9. The molecule has 0 aliphatic carbocycles. The monoisotopic (exact) mass is 270 g/mol. The summed E-state index contributed by atoms with van der Waals surface area (Å²) in [6.45, 7) is 6.21. The van der Waals surface area contributed by atoms with Gasteiger partial charge >= 0.3 is 0 Å². The average molecular weight is 270 g/mol. The van der Waals surface area contributed by atoms with E-state index in [0.29, 0.717) is 5.56 Å². The zero-order chi connectivity index (χ0) is 14.0. The number of hydrogen-bond donors (Lipinski definition) is 1. The molecule has 0 fully saturated rings. The highest BCUT2D eigenvalue weighted by Crippen LogP contribution is 2.22. The standard InChI is InChI=1S/C13H18O4S/c1-13(2,3)11-6-4-10(5-7-11)12(14)8-9-18(15,16)17/h4-7H,8-9H2,1-3H3,(H,15,16,17). The van der Waals surface area contributed by atoms with Crippen molar-refractivity contribution in [3.05, 3.63) is 35.4 Å². The average Bonchev–Trinajstić information content (AvgIpc) is 2.24. The molecule has 0 radical (unpaired) electrons. The molecule has 100 valence electrons. The van der Waals surface area contributed by atoms with Crippen molar-refractivity contribution in [2.75, 3.05) is 5.75 Å². The van der Waals surface area contributed by atoms with Gasteiger partial charge in [0.25, 0.3) is 10.1 Å². The summed E-state index contributed by atoms with van der Waals surface area (Å²) in [6.07, 6.45) is -0.201. The van der Waals surface area contributed by atoms with E-state index in [4.69, 9.17) is 4.55 Å². The predicted molar refractivity (Wildman–Crippen MR) is 70.5 cm³/mol. The van der Waals surface area contributed by atoms with E-state index in [0.717, 1.165) is 5.56 Å². The van der Waals surface area contributed by atoms with Crippen molar-refractivity contribution in [2.24, 2.45) is 0 Å². The fraction of sp³-hybridized carbons (Fsp3) is 0.462. The summed E-state index contributed by atoms with van der Waals surface area (Å²) in [5.74, 6) is -0.819. The van der Waals surface area contributed by atoms with Crippen LogP contribution in [-0.4, -0.2) is 24.5 Å². The summed E-state index contributed by atoms with van der Waals surface area (Å²) in [4.78, 5) is 11.7. The van der Waals surface area contributed by atoms with Gasteiger partial charge in [0.05, 0.1) is 5.75 Å². The van der Waals surface area contributed by atoms with Crippen LogP contribution in [0, 0.1) is 0 Å². The summed E-state index contributed by atoms with van der Waals surface area (Å²) < 4.78 is 29.7. The van der Waals surface area contributed by atoms with Crippen molar-refractivity contribution in [3.8, 4) is 0 Å². The number of benzene rings is 1. The maximum Gasteiger partial charge on any atom is 0.265 e. The molecule has 1 rings (SSSR count). The molecule has 0 saturated carbocycles. The van der Waals surface area contributed by atoms with Gasteiger partial charge in [-0.1, -0.05) is 45.0 Å². The molecule has 0 heterocycles. The van der Waals surface area contributed by atoms with Crippen LogP contribution in [0.2, 0.25) is 0 Å².